The number of methoxy groups -OCH3 is 1. The maximum atomic E-state index is 9.20. The van der Waals surface area contributed by atoms with E-state index in [1.165, 1.54) is 0 Å². The Balaban J connectivity index is 2.31. The molecule has 0 aliphatic rings. The maximum Gasteiger partial charge on any atom is 0.129 e. The van der Waals surface area contributed by atoms with Crippen LogP contribution in [0.25, 0.3) is 0 Å². The third kappa shape index (κ3) is 3.23. The molecule has 2 aromatic rings. The summed E-state index contributed by atoms with van der Waals surface area (Å²) in [5.41, 5.74) is 1.94. The first-order valence-corrected chi connectivity index (χ1v) is 6.08. The number of hydrogen-bond acceptors (Lipinski definition) is 4. The van der Waals surface area contributed by atoms with E-state index in [1.54, 1.807) is 13.2 Å². The summed E-state index contributed by atoms with van der Waals surface area (Å²) in [5.74, 6) is 0.650. The summed E-state index contributed by atoms with van der Waals surface area (Å²) in [7, 11) is 1.57. The molecule has 0 bridgehead atoms. The molecule has 0 atom stereocenters. The van der Waals surface area contributed by atoms with Gasteiger partial charge in [0.2, 0.25) is 0 Å². The average Bonchev–Trinajstić information content (AvgIpc) is 2.45. The third-order valence-corrected chi connectivity index (χ3v) is 2.87. The van der Waals surface area contributed by atoms with Gasteiger partial charge in [0.1, 0.15) is 10.9 Å². The molecule has 0 saturated carbocycles. The monoisotopic (exact) mass is 276 g/mol. The van der Waals surface area contributed by atoms with Crippen LogP contribution in [0, 0.1) is 0 Å². The van der Waals surface area contributed by atoms with E-state index in [2.05, 4.69) is 10.1 Å². The van der Waals surface area contributed by atoms with Gasteiger partial charge in [0.15, 0.2) is 0 Å². The number of nitrogens with zero attached hydrogens (tertiary/aromatic N) is 2. The number of hydrogen-bond donors (Lipinski definition) is 1. The minimum atomic E-state index is 0.372. The average molecular weight is 277 g/mol. The Labute approximate surface area is 116 Å². The number of aromatic nitrogens is 1. The molecular formula is C14H13ClN2O2. The van der Waals surface area contributed by atoms with Crippen molar-refractivity contribution in [2.45, 2.75) is 6.42 Å². The fourth-order valence-electron chi connectivity index (χ4n) is 1.79. The summed E-state index contributed by atoms with van der Waals surface area (Å²) in [6.07, 6.45) is 0.372. The number of rotatable bonds is 4. The minimum absolute atomic E-state index is 0.372. The van der Waals surface area contributed by atoms with Crippen molar-refractivity contribution in [3.05, 3.63) is 58.9 Å². The molecule has 0 fully saturated rings. The highest BCUT2D eigenvalue weighted by atomic mass is 35.5. The van der Waals surface area contributed by atoms with Crippen molar-refractivity contribution in [2.24, 2.45) is 5.16 Å². The summed E-state index contributed by atoms with van der Waals surface area (Å²) in [4.78, 5) is 4.17. The summed E-state index contributed by atoms with van der Waals surface area (Å²) < 4.78 is 5.25. The maximum absolute atomic E-state index is 9.20. The Kier molecular flexibility index (Phi) is 4.36. The lowest BCUT2D eigenvalue weighted by molar-refractivity contribution is 0.318. The van der Waals surface area contributed by atoms with Gasteiger partial charge in [-0.1, -0.05) is 35.0 Å². The third-order valence-electron chi connectivity index (χ3n) is 2.66. The molecule has 5 heteroatoms. The quantitative estimate of drug-likeness (QED) is 0.404. The lowest BCUT2D eigenvalue weighted by atomic mass is 10.0. The first-order chi connectivity index (χ1) is 9.24. The van der Waals surface area contributed by atoms with Crippen molar-refractivity contribution >= 4 is 17.3 Å². The smallest absolute Gasteiger partial charge is 0.129 e. The largest absolute Gasteiger partial charge is 0.496 e. The van der Waals surface area contributed by atoms with Gasteiger partial charge in [0, 0.05) is 17.7 Å². The molecule has 98 valence electrons. The van der Waals surface area contributed by atoms with Gasteiger partial charge >= 0.3 is 0 Å². The Morgan fingerprint density at radius 2 is 2.05 bits per heavy atom. The van der Waals surface area contributed by atoms with Crippen molar-refractivity contribution in [3.63, 3.8) is 0 Å². The number of pyridine rings is 1. The van der Waals surface area contributed by atoms with Gasteiger partial charge in [0.05, 0.1) is 12.8 Å². The van der Waals surface area contributed by atoms with Crippen molar-refractivity contribution in [1.29, 1.82) is 0 Å². The molecule has 4 nitrogen and oxygen atoms in total. The fraction of sp³-hybridized carbons (Fsp3) is 0.143. The minimum Gasteiger partial charge on any atom is -0.496 e. The zero-order valence-electron chi connectivity index (χ0n) is 10.4. The van der Waals surface area contributed by atoms with Gasteiger partial charge in [0.25, 0.3) is 0 Å². The van der Waals surface area contributed by atoms with E-state index >= 15 is 0 Å². The predicted octanol–water partition coefficient (Wildman–Crippen LogP) is 3.16. The summed E-state index contributed by atoms with van der Waals surface area (Å²) in [5, 5.41) is 13.0. The Morgan fingerprint density at radius 3 is 2.74 bits per heavy atom. The Morgan fingerprint density at radius 1 is 1.26 bits per heavy atom. The first-order valence-electron chi connectivity index (χ1n) is 5.70. The molecule has 0 spiro atoms. The molecule has 2 rings (SSSR count). The lowest BCUT2D eigenvalue weighted by Gasteiger charge is -2.09. The van der Waals surface area contributed by atoms with E-state index in [9.17, 15) is 5.21 Å². The van der Waals surface area contributed by atoms with Gasteiger partial charge in [-0.3, -0.25) is 0 Å². The molecule has 1 N–H and O–H groups in total. The van der Waals surface area contributed by atoms with Crippen molar-refractivity contribution in [3.8, 4) is 5.75 Å². The molecule has 0 radical (unpaired) electrons. The van der Waals surface area contributed by atoms with E-state index < -0.39 is 0 Å². The van der Waals surface area contributed by atoms with E-state index in [0.29, 0.717) is 23.0 Å². The molecule has 0 amide bonds. The second-order valence-electron chi connectivity index (χ2n) is 3.88. The zero-order valence-corrected chi connectivity index (χ0v) is 11.1. The molecule has 19 heavy (non-hydrogen) atoms. The lowest BCUT2D eigenvalue weighted by Crippen LogP contribution is -2.08. The van der Waals surface area contributed by atoms with E-state index in [-0.39, 0.29) is 0 Å². The Bertz CT molecular complexity index is 600. The van der Waals surface area contributed by atoms with Crippen LogP contribution in [0.1, 0.15) is 11.3 Å². The van der Waals surface area contributed by atoms with Crippen LogP contribution in [0.15, 0.2) is 47.6 Å². The number of para-hydroxylation sites is 1. The second kappa shape index (κ2) is 6.20. The fourth-order valence-corrected chi connectivity index (χ4v) is 1.97. The van der Waals surface area contributed by atoms with Gasteiger partial charge in [-0.2, -0.15) is 0 Å². The molecule has 0 saturated heterocycles. The number of halogens is 1. The molecule has 1 aromatic carbocycles. The molecule has 0 aliphatic carbocycles. The van der Waals surface area contributed by atoms with Gasteiger partial charge in [-0.25, -0.2) is 4.98 Å². The van der Waals surface area contributed by atoms with E-state index in [0.717, 1.165) is 11.3 Å². The molecule has 1 aromatic heterocycles. The van der Waals surface area contributed by atoms with E-state index in [4.69, 9.17) is 16.3 Å². The first kappa shape index (κ1) is 13.4. The normalized spacial score (nSPS) is 11.4. The van der Waals surface area contributed by atoms with Gasteiger partial charge in [-0.05, 0) is 24.3 Å². The van der Waals surface area contributed by atoms with E-state index in [1.807, 2.05) is 36.4 Å². The Hall–Kier alpha value is -2.07. The van der Waals surface area contributed by atoms with Crippen molar-refractivity contribution in [2.75, 3.05) is 7.11 Å². The van der Waals surface area contributed by atoms with Crippen molar-refractivity contribution < 1.29 is 9.94 Å². The number of benzene rings is 1. The SMILES string of the molecule is COc1ccccc1C(Cc1cccc(Cl)n1)=NO. The highest BCUT2D eigenvalue weighted by Gasteiger charge is 2.12. The van der Waals surface area contributed by atoms with Crippen molar-refractivity contribution in [1.82, 2.24) is 4.98 Å². The standard InChI is InChI=1S/C14H13ClN2O2/c1-19-13-7-3-2-6-11(13)12(17-18)9-10-5-4-8-14(15)16-10/h2-8,18H,9H2,1H3. The zero-order chi connectivity index (χ0) is 13.7. The van der Waals surface area contributed by atoms with Crippen LogP contribution in [0.4, 0.5) is 0 Å². The topological polar surface area (TPSA) is 54.7 Å². The number of oxime groups is 1. The van der Waals surface area contributed by atoms with Crippen LogP contribution < -0.4 is 4.74 Å². The van der Waals surface area contributed by atoms with Gasteiger partial charge < -0.3 is 9.94 Å². The highest BCUT2D eigenvalue weighted by molar-refractivity contribution is 6.29. The molecular weight excluding hydrogens is 264 g/mol. The summed E-state index contributed by atoms with van der Waals surface area (Å²) in [6, 6.07) is 12.7. The van der Waals surface area contributed by atoms with Gasteiger partial charge in [-0.15, -0.1) is 0 Å². The molecule has 0 aliphatic heterocycles. The van der Waals surface area contributed by atoms with Crippen LogP contribution in [0.5, 0.6) is 5.75 Å². The van der Waals surface area contributed by atoms with Crippen LogP contribution in [0.2, 0.25) is 5.15 Å². The molecule has 0 unspecified atom stereocenters. The van der Waals surface area contributed by atoms with Crippen LogP contribution in [0.3, 0.4) is 0 Å². The predicted molar refractivity (Wildman–Crippen MR) is 74.3 cm³/mol. The summed E-state index contributed by atoms with van der Waals surface area (Å²) in [6.45, 7) is 0. The second-order valence-corrected chi connectivity index (χ2v) is 4.26. The summed E-state index contributed by atoms with van der Waals surface area (Å²) >= 11 is 5.84. The van der Waals surface area contributed by atoms with Crippen LogP contribution in [-0.4, -0.2) is 23.0 Å². The number of ether oxygens (including phenoxy) is 1. The highest BCUT2D eigenvalue weighted by Crippen LogP contribution is 2.20. The van der Waals surface area contributed by atoms with Crippen LogP contribution in [-0.2, 0) is 6.42 Å². The molecule has 1 heterocycles. The van der Waals surface area contributed by atoms with Crippen LogP contribution >= 0.6 is 11.6 Å².